The number of nitrogens with two attached hydrogens (primary N) is 1. The van der Waals surface area contributed by atoms with E-state index in [-0.39, 0.29) is 11.9 Å². The van der Waals surface area contributed by atoms with Gasteiger partial charge >= 0.3 is 0 Å². The predicted octanol–water partition coefficient (Wildman–Crippen LogP) is 1.57. The molecule has 1 amide bonds. The van der Waals surface area contributed by atoms with Crippen molar-refractivity contribution in [2.75, 3.05) is 6.54 Å². The molecule has 0 aliphatic heterocycles. The summed E-state index contributed by atoms with van der Waals surface area (Å²) in [6, 6.07) is 1.89. The van der Waals surface area contributed by atoms with E-state index in [0.29, 0.717) is 24.7 Å². The molecule has 0 bridgehead atoms. The summed E-state index contributed by atoms with van der Waals surface area (Å²) in [5.74, 6) is 0.432. The van der Waals surface area contributed by atoms with Gasteiger partial charge in [-0.2, -0.15) is 5.10 Å². The van der Waals surface area contributed by atoms with Gasteiger partial charge in [0.2, 0.25) is 0 Å². The second-order valence-electron chi connectivity index (χ2n) is 5.23. The summed E-state index contributed by atoms with van der Waals surface area (Å²) in [5.41, 5.74) is 7.28. The highest BCUT2D eigenvalue weighted by atomic mass is 16.2. The highest BCUT2D eigenvalue weighted by Crippen LogP contribution is 2.08. The number of amides is 1. The molecule has 1 aromatic rings. The number of carbonyl (C=O) groups is 1. The van der Waals surface area contributed by atoms with Crippen molar-refractivity contribution in [1.29, 1.82) is 0 Å². The van der Waals surface area contributed by atoms with E-state index in [1.165, 1.54) is 0 Å². The molecular formula is C14H26N4O. The van der Waals surface area contributed by atoms with Crippen molar-refractivity contribution >= 4 is 5.91 Å². The Kier molecular flexibility index (Phi) is 6.02. The van der Waals surface area contributed by atoms with Crippen LogP contribution in [0.25, 0.3) is 0 Å². The molecule has 1 atom stereocenters. The Morgan fingerprint density at radius 3 is 2.63 bits per heavy atom. The normalized spacial score (nSPS) is 12.7. The number of hydrogen-bond acceptors (Lipinski definition) is 3. The Labute approximate surface area is 115 Å². The molecule has 0 saturated carbocycles. The molecular weight excluding hydrogens is 240 g/mol. The van der Waals surface area contributed by atoms with Crippen molar-refractivity contribution in [3.8, 4) is 0 Å². The van der Waals surface area contributed by atoms with Gasteiger partial charge in [0.1, 0.15) is 5.69 Å². The van der Waals surface area contributed by atoms with E-state index in [2.05, 4.69) is 24.3 Å². The van der Waals surface area contributed by atoms with Crippen LogP contribution >= 0.6 is 0 Å². The highest BCUT2D eigenvalue weighted by molar-refractivity contribution is 5.92. The van der Waals surface area contributed by atoms with Gasteiger partial charge in [0.05, 0.1) is 5.69 Å². The van der Waals surface area contributed by atoms with Crippen LogP contribution in [0.3, 0.4) is 0 Å². The van der Waals surface area contributed by atoms with E-state index >= 15 is 0 Å². The average Bonchev–Trinajstić information content (AvgIpc) is 2.80. The van der Waals surface area contributed by atoms with Gasteiger partial charge in [0, 0.05) is 19.1 Å². The summed E-state index contributed by atoms with van der Waals surface area (Å²) in [6.45, 7) is 9.43. The van der Waals surface area contributed by atoms with Crippen LogP contribution in [-0.2, 0) is 13.0 Å². The molecule has 1 unspecified atom stereocenters. The lowest BCUT2D eigenvalue weighted by atomic mass is 10.0. The van der Waals surface area contributed by atoms with Crippen LogP contribution in [-0.4, -0.2) is 28.3 Å². The van der Waals surface area contributed by atoms with Crippen molar-refractivity contribution in [1.82, 2.24) is 15.1 Å². The van der Waals surface area contributed by atoms with Crippen molar-refractivity contribution in [2.45, 2.75) is 53.1 Å². The fourth-order valence-electron chi connectivity index (χ4n) is 2.11. The lowest BCUT2D eigenvalue weighted by Crippen LogP contribution is -2.41. The average molecular weight is 266 g/mol. The zero-order valence-electron chi connectivity index (χ0n) is 12.4. The third kappa shape index (κ3) is 4.35. The number of rotatable bonds is 7. The third-order valence-corrected chi connectivity index (χ3v) is 3.10. The van der Waals surface area contributed by atoms with Gasteiger partial charge in [-0.15, -0.1) is 0 Å². The fraction of sp³-hybridized carbons (Fsp3) is 0.714. The summed E-state index contributed by atoms with van der Waals surface area (Å²) < 4.78 is 1.75. The number of hydrogen-bond donors (Lipinski definition) is 2. The quantitative estimate of drug-likeness (QED) is 0.786. The van der Waals surface area contributed by atoms with E-state index in [9.17, 15) is 4.79 Å². The molecule has 19 heavy (non-hydrogen) atoms. The molecule has 0 spiro atoms. The molecule has 3 N–H and O–H groups in total. The molecule has 0 aromatic carbocycles. The molecule has 0 radical (unpaired) electrons. The highest BCUT2D eigenvalue weighted by Gasteiger charge is 2.18. The SMILES string of the molecule is CCc1cc(C(=O)NC(CN)CC(C)C)n(CC)n1. The lowest BCUT2D eigenvalue weighted by molar-refractivity contribution is 0.0923. The molecule has 0 aliphatic rings. The number of nitrogens with one attached hydrogen (secondary N) is 1. The van der Waals surface area contributed by atoms with Crippen molar-refractivity contribution in [3.05, 3.63) is 17.5 Å². The van der Waals surface area contributed by atoms with Crippen molar-refractivity contribution in [2.24, 2.45) is 11.7 Å². The van der Waals surface area contributed by atoms with Gasteiger partial charge in [0.15, 0.2) is 0 Å². The first-order valence-corrected chi connectivity index (χ1v) is 7.09. The van der Waals surface area contributed by atoms with Gasteiger partial charge in [-0.05, 0) is 31.7 Å². The van der Waals surface area contributed by atoms with Crippen LogP contribution in [0.1, 0.15) is 50.3 Å². The maximum Gasteiger partial charge on any atom is 0.269 e. The van der Waals surface area contributed by atoms with E-state index in [0.717, 1.165) is 18.5 Å². The number of nitrogens with zero attached hydrogens (tertiary/aromatic N) is 2. The van der Waals surface area contributed by atoms with Crippen LogP contribution in [0, 0.1) is 5.92 Å². The minimum absolute atomic E-state index is 0.0257. The second-order valence-corrected chi connectivity index (χ2v) is 5.23. The van der Waals surface area contributed by atoms with Gasteiger partial charge in [-0.1, -0.05) is 20.8 Å². The maximum atomic E-state index is 12.3. The first-order chi connectivity index (χ1) is 9.01. The molecule has 5 heteroatoms. The monoisotopic (exact) mass is 266 g/mol. The molecule has 1 heterocycles. The molecule has 1 aromatic heterocycles. The maximum absolute atomic E-state index is 12.3. The summed E-state index contributed by atoms with van der Waals surface area (Å²) in [7, 11) is 0. The van der Waals surface area contributed by atoms with Crippen molar-refractivity contribution in [3.63, 3.8) is 0 Å². The predicted molar refractivity (Wildman–Crippen MR) is 77.0 cm³/mol. The van der Waals surface area contributed by atoms with Gasteiger partial charge in [-0.25, -0.2) is 0 Å². The molecule has 1 rings (SSSR count). The minimum atomic E-state index is -0.0786. The van der Waals surface area contributed by atoms with Crippen LogP contribution in [0.5, 0.6) is 0 Å². The van der Waals surface area contributed by atoms with Gasteiger partial charge in [0.25, 0.3) is 5.91 Å². The minimum Gasteiger partial charge on any atom is -0.347 e. The Bertz CT molecular complexity index is 412. The fourth-order valence-corrected chi connectivity index (χ4v) is 2.11. The van der Waals surface area contributed by atoms with Crippen LogP contribution in [0.4, 0.5) is 0 Å². The summed E-state index contributed by atoms with van der Waals surface area (Å²) in [5, 5.41) is 7.39. The number of aryl methyl sites for hydroxylation is 2. The molecule has 5 nitrogen and oxygen atoms in total. The van der Waals surface area contributed by atoms with Crippen molar-refractivity contribution < 1.29 is 4.79 Å². The second kappa shape index (κ2) is 7.28. The standard InChI is InChI=1S/C14H26N4O/c1-5-11-8-13(18(6-2)17-11)14(19)16-12(9-15)7-10(3)4/h8,10,12H,5-7,9,15H2,1-4H3,(H,16,19). The molecule has 0 saturated heterocycles. The van der Waals surface area contributed by atoms with Crippen LogP contribution < -0.4 is 11.1 Å². The van der Waals surface area contributed by atoms with E-state index in [4.69, 9.17) is 5.73 Å². The summed E-state index contributed by atoms with van der Waals surface area (Å²) >= 11 is 0. The van der Waals surface area contributed by atoms with E-state index < -0.39 is 0 Å². The molecule has 0 fully saturated rings. The smallest absolute Gasteiger partial charge is 0.269 e. The van der Waals surface area contributed by atoms with Crippen LogP contribution in [0.2, 0.25) is 0 Å². The lowest BCUT2D eigenvalue weighted by Gasteiger charge is -2.18. The summed E-state index contributed by atoms with van der Waals surface area (Å²) in [4.78, 5) is 12.3. The Balaban J connectivity index is 2.78. The van der Waals surface area contributed by atoms with Crippen LogP contribution in [0.15, 0.2) is 6.07 Å². The van der Waals surface area contributed by atoms with E-state index in [1.807, 2.05) is 19.9 Å². The first kappa shape index (κ1) is 15.7. The van der Waals surface area contributed by atoms with E-state index in [1.54, 1.807) is 4.68 Å². The largest absolute Gasteiger partial charge is 0.347 e. The zero-order chi connectivity index (χ0) is 14.4. The topological polar surface area (TPSA) is 72.9 Å². The molecule has 108 valence electrons. The number of carbonyl (C=O) groups excluding carboxylic acids is 1. The zero-order valence-corrected chi connectivity index (χ0v) is 12.4. The first-order valence-electron chi connectivity index (χ1n) is 7.09. The molecule has 0 aliphatic carbocycles. The Morgan fingerprint density at radius 1 is 1.47 bits per heavy atom. The summed E-state index contributed by atoms with van der Waals surface area (Å²) in [6.07, 6.45) is 1.72. The Hall–Kier alpha value is -1.36. The number of aromatic nitrogens is 2. The van der Waals surface area contributed by atoms with Gasteiger partial charge in [-0.3, -0.25) is 9.48 Å². The van der Waals surface area contributed by atoms with Gasteiger partial charge < -0.3 is 11.1 Å². The third-order valence-electron chi connectivity index (χ3n) is 3.10. The Morgan fingerprint density at radius 2 is 2.16 bits per heavy atom.